The second kappa shape index (κ2) is 18.0. The molecule has 1 saturated heterocycles. The maximum Gasteiger partial charge on any atom is 0.246 e. The van der Waals surface area contributed by atoms with Crippen LogP contribution in [-0.2, 0) is 24.4 Å². The second-order valence-electron chi connectivity index (χ2n) is 13.3. The lowest BCUT2D eigenvalue weighted by molar-refractivity contribution is -0.127. The molecule has 5 aromatic rings. The van der Waals surface area contributed by atoms with Crippen molar-refractivity contribution in [3.63, 3.8) is 0 Å². The Balaban J connectivity index is 0.901. The maximum absolute atomic E-state index is 14.9. The molecule has 0 radical (unpaired) electrons. The fraction of sp³-hybridized carbons (Fsp3) is 0.250. The van der Waals surface area contributed by atoms with Crippen LogP contribution >= 0.6 is 0 Å². The van der Waals surface area contributed by atoms with Gasteiger partial charge in [0.25, 0.3) is 0 Å². The SMILES string of the molecule is CC(C)c1ccc(OCCc2ccc(CN3CCN(C(=O)C=Cc4ccc(Oc5ccc(OCc6ccc(C#N)cc6)cn5)c(F)c4)CC3)cc2)cc1. The Morgan fingerprint density at radius 2 is 1.55 bits per heavy atom. The Hall–Kier alpha value is -5.98. The topological polar surface area (TPSA) is 87.9 Å². The lowest BCUT2D eigenvalue weighted by atomic mass is 10.0. The van der Waals surface area contributed by atoms with Gasteiger partial charge in [-0.2, -0.15) is 5.26 Å². The summed E-state index contributed by atoms with van der Waals surface area (Å²) < 4.78 is 32.2. The number of carbonyl (C=O) groups excluding carboxylic acids is 1. The molecule has 9 heteroatoms. The maximum atomic E-state index is 14.9. The number of carbonyl (C=O) groups is 1. The van der Waals surface area contributed by atoms with Crippen LogP contribution in [0, 0.1) is 17.1 Å². The molecule has 0 bridgehead atoms. The van der Waals surface area contributed by atoms with Gasteiger partial charge in [0.05, 0.1) is 24.4 Å². The Morgan fingerprint density at radius 1 is 0.849 bits per heavy atom. The minimum absolute atomic E-state index is 0.0234. The van der Waals surface area contributed by atoms with Gasteiger partial charge in [0, 0.05) is 51.3 Å². The number of piperazine rings is 1. The third-order valence-electron chi connectivity index (χ3n) is 9.11. The van der Waals surface area contributed by atoms with Gasteiger partial charge in [-0.05, 0) is 82.3 Å². The molecule has 1 aliphatic rings. The van der Waals surface area contributed by atoms with Gasteiger partial charge in [-0.25, -0.2) is 9.37 Å². The first-order valence-electron chi connectivity index (χ1n) is 17.9. The molecule has 0 spiro atoms. The van der Waals surface area contributed by atoms with E-state index in [-0.39, 0.29) is 17.5 Å². The average molecular weight is 711 g/mol. The molecular weight excluding hydrogens is 668 g/mol. The Morgan fingerprint density at radius 3 is 2.21 bits per heavy atom. The number of amides is 1. The van der Waals surface area contributed by atoms with Crippen LogP contribution in [0.3, 0.4) is 0 Å². The number of benzene rings is 4. The third kappa shape index (κ3) is 10.8. The van der Waals surface area contributed by atoms with Gasteiger partial charge in [-0.3, -0.25) is 9.69 Å². The van der Waals surface area contributed by atoms with Crippen molar-refractivity contribution in [3.8, 4) is 29.2 Å². The van der Waals surface area contributed by atoms with Gasteiger partial charge in [0.2, 0.25) is 11.8 Å². The highest BCUT2D eigenvalue weighted by atomic mass is 19.1. The minimum Gasteiger partial charge on any atom is -0.493 e. The van der Waals surface area contributed by atoms with Crippen LogP contribution in [0.2, 0.25) is 0 Å². The van der Waals surface area contributed by atoms with Crippen LogP contribution in [0.4, 0.5) is 4.39 Å². The molecule has 1 amide bonds. The van der Waals surface area contributed by atoms with Crippen LogP contribution in [0.5, 0.6) is 23.1 Å². The molecule has 270 valence electrons. The van der Waals surface area contributed by atoms with Crippen molar-refractivity contribution in [1.29, 1.82) is 5.26 Å². The predicted octanol–water partition coefficient (Wildman–Crippen LogP) is 8.57. The van der Waals surface area contributed by atoms with E-state index in [0.717, 1.165) is 37.4 Å². The Labute approximate surface area is 310 Å². The number of nitriles is 1. The fourth-order valence-corrected chi connectivity index (χ4v) is 5.88. The molecule has 0 saturated carbocycles. The van der Waals surface area contributed by atoms with E-state index >= 15 is 0 Å². The van der Waals surface area contributed by atoms with Crippen molar-refractivity contribution in [3.05, 3.63) is 155 Å². The summed E-state index contributed by atoms with van der Waals surface area (Å²) in [5, 5.41) is 8.93. The third-order valence-corrected chi connectivity index (χ3v) is 9.11. The van der Waals surface area contributed by atoms with E-state index in [9.17, 15) is 9.18 Å². The van der Waals surface area contributed by atoms with Gasteiger partial charge < -0.3 is 19.1 Å². The summed E-state index contributed by atoms with van der Waals surface area (Å²) in [6.45, 7) is 8.97. The molecule has 0 unspecified atom stereocenters. The van der Waals surface area contributed by atoms with E-state index < -0.39 is 5.82 Å². The van der Waals surface area contributed by atoms with E-state index in [1.807, 2.05) is 29.2 Å². The largest absolute Gasteiger partial charge is 0.493 e. The number of nitrogens with zero attached hydrogens (tertiary/aromatic N) is 4. The molecule has 0 atom stereocenters. The lowest BCUT2D eigenvalue weighted by Crippen LogP contribution is -2.47. The highest BCUT2D eigenvalue weighted by Crippen LogP contribution is 2.26. The summed E-state index contributed by atoms with van der Waals surface area (Å²) in [5.41, 5.74) is 5.85. The van der Waals surface area contributed by atoms with Crippen molar-refractivity contribution in [2.45, 2.75) is 39.3 Å². The predicted molar refractivity (Wildman–Crippen MR) is 203 cm³/mol. The number of aromatic nitrogens is 1. The smallest absolute Gasteiger partial charge is 0.246 e. The van der Waals surface area contributed by atoms with Crippen LogP contribution < -0.4 is 14.2 Å². The van der Waals surface area contributed by atoms with Gasteiger partial charge in [-0.15, -0.1) is 0 Å². The highest BCUT2D eigenvalue weighted by Gasteiger charge is 2.20. The normalized spacial score (nSPS) is 13.2. The number of rotatable bonds is 14. The zero-order valence-electron chi connectivity index (χ0n) is 30.1. The number of ether oxygens (including phenoxy) is 3. The zero-order valence-corrected chi connectivity index (χ0v) is 30.1. The molecule has 0 aliphatic carbocycles. The molecule has 2 heterocycles. The van der Waals surface area contributed by atoms with Gasteiger partial charge in [0.1, 0.15) is 18.1 Å². The molecule has 6 rings (SSSR count). The lowest BCUT2D eigenvalue weighted by Gasteiger charge is -2.34. The summed E-state index contributed by atoms with van der Waals surface area (Å²) >= 11 is 0. The van der Waals surface area contributed by atoms with E-state index in [0.29, 0.717) is 49.1 Å². The van der Waals surface area contributed by atoms with Gasteiger partial charge >= 0.3 is 0 Å². The number of hydrogen-bond acceptors (Lipinski definition) is 7. The van der Waals surface area contributed by atoms with E-state index in [2.05, 4.69) is 66.2 Å². The summed E-state index contributed by atoms with van der Waals surface area (Å²) in [6, 6.07) is 34.1. The summed E-state index contributed by atoms with van der Waals surface area (Å²) in [4.78, 5) is 21.3. The summed E-state index contributed by atoms with van der Waals surface area (Å²) in [6.07, 6.45) is 5.46. The average Bonchev–Trinajstić information content (AvgIpc) is 3.19. The molecule has 0 N–H and O–H groups in total. The van der Waals surface area contributed by atoms with Crippen LogP contribution in [-0.4, -0.2) is 53.5 Å². The quantitative estimate of drug-likeness (QED) is 0.107. The second-order valence-corrected chi connectivity index (χ2v) is 13.3. The highest BCUT2D eigenvalue weighted by molar-refractivity contribution is 5.91. The van der Waals surface area contributed by atoms with Gasteiger partial charge in [0.15, 0.2) is 11.6 Å². The van der Waals surface area contributed by atoms with Crippen molar-refractivity contribution >= 4 is 12.0 Å². The Kier molecular flexibility index (Phi) is 12.5. The van der Waals surface area contributed by atoms with Crippen molar-refractivity contribution in [2.75, 3.05) is 32.8 Å². The first-order chi connectivity index (χ1) is 25.8. The first-order valence-corrected chi connectivity index (χ1v) is 17.9. The monoisotopic (exact) mass is 710 g/mol. The van der Waals surface area contributed by atoms with Crippen LogP contribution in [0.1, 0.15) is 53.1 Å². The first kappa shape index (κ1) is 36.8. The molecule has 53 heavy (non-hydrogen) atoms. The van der Waals surface area contributed by atoms with Crippen LogP contribution in [0.25, 0.3) is 6.08 Å². The van der Waals surface area contributed by atoms with E-state index in [1.54, 1.807) is 36.4 Å². The molecule has 8 nitrogen and oxygen atoms in total. The van der Waals surface area contributed by atoms with Gasteiger partial charge in [-0.1, -0.05) is 68.4 Å². The molecule has 1 aromatic heterocycles. The molecule has 1 fully saturated rings. The Bertz CT molecular complexity index is 2020. The minimum atomic E-state index is -0.565. The number of pyridine rings is 1. The fourth-order valence-electron chi connectivity index (χ4n) is 5.88. The zero-order chi connectivity index (χ0) is 37.0. The van der Waals surface area contributed by atoms with Crippen LogP contribution in [0.15, 0.2) is 115 Å². The van der Waals surface area contributed by atoms with Crippen molar-refractivity contribution < 1.29 is 23.4 Å². The number of halogens is 1. The molecule has 4 aromatic carbocycles. The summed E-state index contributed by atoms with van der Waals surface area (Å²) in [7, 11) is 0. The summed E-state index contributed by atoms with van der Waals surface area (Å²) in [5.74, 6) is 1.51. The standard InChI is InChI=1S/C44H43FN4O4/c1-32(2)38-13-15-39(16-14-38)51-26-21-33-3-7-36(8-4-33)30-48-22-24-49(25-23-48)44(50)20-12-34-11-18-42(41(45)27-34)53-43-19-17-40(29-47-43)52-31-37-9-5-35(28-46)6-10-37/h3-20,27,29,32H,21-26,30-31H2,1-2H3. The van der Waals surface area contributed by atoms with Crippen molar-refractivity contribution in [1.82, 2.24) is 14.8 Å². The van der Waals surface area contributed by atoms with Crippen molar-refractivity contribution in [2.24, 2.45) is 0 Å². The van der Waals surface area contributed by atoms with E-state index in [4.69, 9.17) is 19.5 Å². The molecular formula is C44H43FN4O4. The van der Waals surface area contributed by atoms with E-state index in [1.165, 1.54) is 41.1 Å². The molecule has 1 aliphatic heterocycles. The number of hydrogen-bond donors (Lipinski definition) is 0.